The number of hydrogen-bond acceptors (Lipinski definition) is 2. The summed E-state index contributed by atoms with van der Waals surface area (Å²) < 4.78 is 0. The highest BCUT2D eigenvalue weighted by atomic mass is 16.4. The van der Waals surface area contributed by atoms with Crippen molar-refractivity contribution in [1.82, 2.24) is 5.32 Å². The van der Waals surface area contributed by atoms with Crippen LogP contribution in [0.3, 0.4) is 0 Å². The van der Waals surface area contributed by atoms with Crippen molar-refractivity contribution in [2.45, 2.75) is 19.8 Å². The first-order chi connectivity index (χ1) is 5.07. The summed E-state index contributed by atoms with van der Waals surface area (Å²) in [6, 6.07) is 0. The second-order valence-corrected chi connectivity index (χ2v) is 2.45. The van der Waals surface area contributed by atoms with Gasteiger partial charge in [0.2, 0.25) is 5.91 Å². The highest BCUT2D eigenvalue weighted by molar-refractivity contribution is 5.76. The lowest BCUT2D eigenvalue weighted by atomic mass is 10.1. The lowest BCUT2D eigenvalue weighted by Gasteiger charge is -2.03. The molecule has 11 heavy (non-hydrogen) atoms. The molecule has 0 bridgehead atoms. The molecule has 0 aliphatic carbocycles. The molecule has 4 heteroatoms. The monoisotopic (exact) mass is 159 g/mol. The second kappa shape index (κ2) is 4.71. The highest BCUT2D eigenvalue weighted by Crippen LogP contribution is 2.04. The van der Waals surface area contributed by atoms with Crippen molar-refractivity contribution in [3.05, 3.63) is 0 Å². The van der Waals surface area contributed by atoms with Crippen LogP contribution in [0.4, 0.5) is 0 Å². The number of hydrogen-bond donors (Lipinski definition) is 2. The third-order valence-electron chi connectivity index (χ3n) is 1.50. The molecule has 0 unspecified atom stereocenters. The quantitative estimate of drug-likeness (QED) is 0.617. The maximum atomic E-state index is 10.6. The molecule has 0 aromatic rings. The van der Waals surface area contributed by atoms with E-state index in [-0.39, 0.29) is 12.3 Å². The number of amides is 1. The van der Waals surface area contributed by atoms with Gasteiger partial charge in [-0.1, -0.05) is 6.92 Å². The van der Waals surface area contributed by atoms with E-state index in [0.29, 0.717) is 6.42 Å². The SMILES string of the molecule is CNC(=O)CC[C@H](C)C(=O)O. The van der Waals surface area contributed by atoms with Gasteiger partial charge in [-0.05, 0) is 6.42 Å². The van der Waals surface area contributed by atoms with Crippen molar-refractivity contribution in [2.75, 3.05) is 7.05 Å². The molecule has 0 aromatic carbocycles. The Hall–Kier alpha value is -1.06. The van der Waals surface area contributed by atoms with Crippen molar-refractivity contribution in [3.63, 3.8) is 0 Å². The predicted octanol–water partition coefficient (Wildman–Crippen LogP) is 0.233. The summed E-state index contributed by atoms with van der Waals surface area (Å²) in [5.41, 5.74) is 0. The fourth-order valence-corrected chi connectivity index (χ4v) is 0.596. The van der Waals surface area contributed by atoms with E-state index in [9.17, 15) is 9.59 Å². The Morgan fingerprint density at radius 1 is 1.55 bits per heavy atom. The first-order valence-corrected chi connectivity index (χ1v) is 3.51. The Morgan fingerprint density at radius 2 is 2.09 bits per heavy atom. The van der Waals surface area contributed by atoms with Crippen LogP contribution in [0.2, 0.25) is 0 Å². The Morgan fingerprint density at radius 3 is 2.45 bits per heavy atom. The minimum absolute atomic E-state index is 0.113. The molecule has 0 saturated heterocycles. The number of carboxylic acid groups (broad SMARTS) is 1. The van der Waals surface area contributed by atoms with Crippen LogP contribution in [0.1, 0.15) is 19.8 Å². The molecule has 0 spiro atoms. The number of carbonyl (C=O) groups is 2. The molecular weight excluding hydrogens is 146 g/mol. The molecule has 1 atom stereocenters. The van der Waals surface area contributed by atoms with Gasteiger partial charge in [0.25, 0.3) is 0 Å². The number of aliphatic carboxylic acids is 1. The minimum Gasteiger partial charge on any atom is -0.481 e. The third kappa shape index (κ3) is 4.36. The summed E-state index contributed by atoms with van der Waals surface area (Å²) in [6.45, 7) is 1.59. The molecule has 2 N–H and O–H groups in total. The summed E-state index contributed by atoms with van der Waals surface area (Å²) in [7, 11) is 1.54. The first-order valence-electron chi connectivity index (χ1n) is 3.51. The number of nitrogens with one attached hydrogen (secondary N) is 1. The zero-order chi connectivity index (χ0) is 8.85. The van der Waals surface area contributed by atoms with Crippen LogP contribution in [0.5, 0.6) is 0 Å². The molecule has 0 aliphatic rings. The van der Waals surface area contributed by atoms with Gasteiger partial charge in [-0.2, -0.15) is 0 Å². The Bertz CT molecular complexity index is 156. The van der Waals surface area contributed by atoms with Gasteiger partial charge in [-0.15, -0.1) is 0 Å². The topological polar surface area (TPSA) is 66.4 Å². The van der Waals surface area contributed by atoms with Gasteiger partial charge in [0.1, 0.15) is 0 Å². The first kappa shape index (κ1) is 9.94. The standard InChI is InChI=1S/C7H13NO3/c1-5(7(10)11)3-4-6(9)8-2/h5H,3-4H2,1-2H3,(H,8,9)(H,10,11)/t5-/m0/s1. The summed E-state index contributed by atoms with van der Waals surface area (Å²) in [6.07, 6.45) is 0.680. The normalized spacial score (nSPS) is 12.2. The molecule has 0 rings (SSSR count). The van der Waals surface area contributed by atoms with E-state index in [4.69, 9.17) is 5.11 Å². The van der Waals surface area contributed by atoms with Crippen molar-refractivity contribution in [1.29, 1.82) is 0 Å². The van der Waals surface area contributed by atoms with Crippen LogP contribution in [0.25, 0.3) is 0 Å². The van der Waals surface area contributed by atoms with Gasteiger partial charge < -0.3 is 10.4 Å². The maximum Gasteiger partial charge on any atom is 0.306 e. The molecule has 0 saturated carbocycles. The van der Waals surface area contributed by atoms with Crippen LogP contribution < -0.4 is 5.32 Å². The van der Waals surface area contributed by atoms with Crippen molar-refractivity contribution >= 4 is 11.9 Å². The summed E-state index contributed by atoms with van der Waals surface area (Å²) in [5.74, 6) is -1.40. The molecule has 0 aliphatic heterocycles. The summed E-state index contributed by atoms with van der Waals surface area (Å²) >= 11 is 0. The zero-order valence-corrected chi connectivity index (χ0v) is 6.76. The number of rotatable bonds is 4. The van der Waals surface area contributed by atoms with Gasteiger partial charge in [0.15, 0.2) is 0 Å². The van der Waals surface area contributed by atoms with E-state index in [0.717, 1.165) is 0 Å². The summed E-state index contributed by atoms with van der Waals surface area (Å²) in [4.78, 5) is 20.9. The van der Waals surface area contributed by atoms with Crippen LogP contribution in [0, 0.1) is 5.92 Å². The lowest BCUT2D eigenvalue weighted by molar-refractivity contribution is -0.141. The second-order valence-electron chi connectivity index (χ2n) is 2.45. The Kier molecular flexibility index (Phi) is 4.26. The molecule has 0 radical (unpaired) electrons. The smallest absolute Gasteiger partial charge is 0.306 e. The largest absolute Gasteiger partial charge is 0.481 e. The van der Waals surface area contributed by atoms with Crippen LogP contribution in [-0.2, 0) is 9.59 Å². The fourth-order valence-electron chi connectivity index (χ4n) is 0.596. The predicted molar refractivity (Wildman–Crippen MR) is 40.1 cm³/mol. The van der Waals surface area contributed by atoms with E-state index >= 15 is 0 Å². The van der Waals surface area contributed by atoms with Gasteiger partial charge >= 0.3 is 5.97 Å². The lowest BCUT2D eigenvalue weighted by Crippen LogP contribution is -2.19. The van der Waals surface area contributed by atoms with E-state index in [1.54, 1.807) is 6.92 Å². The molecule has 4 nitrogen and oxygen atoms in total. The Balaban J connectivity index is 3.54. The summed E-state index contributed by atoms with van der Waals surface area (Å²) in [5, 5.41) is 10.9. The van der Waals surface area contributed by atoms with Crippen molar-refractivity contribution < 1.29 is 14.7 Å². The van der Waals surface area contributed by atoms with E-state index in [1.165, 1.54) is 7.05 Å². The number of carboxylic acids is 1. The van der Waals surface area contributed by atoms with E-state index < -0.39 is 11.9 Å². The molecule has 1 amide bonds. The van der Waals surface area contributed by atoms with Gasteiger partial charge in [-0.3, -0.25) is 9.59 Å². The minimum atomic E-state index is -0.853. The fraction of sp³-hybridized carbons (Fsp3) is 0.714. The maximum absolute atomic E-state index is 10.6. The zero-order valence-electron chi connectivity index (χ0n) is 6.76. The van der Waals surface area contributed by atoms with E-state index in [2.05, 4.69) is 5.32 Å². The average molecular weight is 159 g/mol. The highest BCUT2D eigenvalue weighted by Gasteiger charge is 2.11. The van der Waals surface area contributed by atoms with Crippen LogP contribution in [0.15, 0.2) is 0 Å². The van der Waals surface area contributed by atoms with Crippen molar-refractivity contribution in [3.8, 4) is 0 Å². The molecule has 0 heterocycles. The molecule has 0 aromatic heterocycles. The van der Waals surface area contributed by atoms with Gasteiger partial charge in [0, 0.05) is 13.5 Å². The molecule has 0 fully saturated rings. The van der Waals surface area contributed by atoms with Crippen molar-refractivity contribution in [2.24, 2.45) is 5.92 Å². The van der Waals surface area contributed by atoms with E-state index in [1.807, 2.05) is 0 Å². The van der Waals surface area contributed by atoms with Gasteiger partial charge in [-0.25, -0.2) is 0 Å². The molecular formula is C7H13NO3. The van der Waals surface area contributed by atoms with Gasteiger partial charge in [0.05, 0.1) is 5.92 Å². The third-order valence-corrected chi connectivity index (χ3v) is 1.50. The van der Waals surface area contributed by atoms with Crippen LogP contribution >= 0.6 is 0 Å². The van der Waals surface area contributed by atoms with Crippen LogP contribution in [-0.4, -0.2) is 24.0 Å². The number of carbonyl (C=O) groups excluding carboxylic acids is 1. The average Bonchev–Trinajstić information content (AvgIpc) is 1.99. The molecule has 64 valence electrons. The Labute approximate surface area is 65.6 Å².